The maximum atomic E-state index is 13.7. The van der Waals surface area contributed by atoms with Crippen LogP contribution in [0, 0.1) is 62.6 Å². The summed E-state index contributed by atoms with van der Waals surface area (Å²) in [4.78, 5) is 38.4. The Hall–Kier alpha value is -1.69. The van der Waals surface area contributed by atoms with Gasteiger partial charge in [-0.05, 0) is 137 Å². The second-order valence-electron chi connectivity index (χ2n) is 18.9. The fraction of sp³-hybridized carbons (Fsp3) is 0.875. The molecule has 0 heterocycles. The Bertz CT molecular complexity index is 1250. The van der Waals surface area contributed by atoms with Gasteiger partial charge in [-0.2, -0.15) is 0 Å². The van der Waals surface area contributed by atoms with Crippen LogP contribution in [0.5, 0.6) is 0 Å². The highest BCUT2D eigenvalue weighted by atomic mass is 16.5. The summed E-state index contributed by atoms with van der Waals surface area (Å²) in [7, 11) is 0. The fourth-order valence-corrected chi connectivity index (χ4v) is 12.3. The molecule has 0 radical (unpaired) electrons. The molecule has 4 saturated carbocycles. The van der Waals surface area contributed by atoms with Gasteiger partial charge in [0, 0.05) is 17.3 Å². The van der Waals surface area contributed by atoms with Crippen LogP contribution in [0.4, 0.5) is 0 Å². The van der Waals surface area contributed by atoms with Crippen LogP contribution in [0.3, 0.4) is 0 Å². The van der Waals surface area contributed by atoms with Gasteiger partial charge in [0.2, 0.25) is 0 Å². The molecule has 5 aliphatic carbocycles. The topological polar surface area (TPSA) is 92.7 Å². The smallest absolute Gasteiger partial charge is 0.309 e. The number of Topliss-reactive ketones (excluding diaryl/α,β-unsaturated/α-hetero) is 1. The van der Waals surface area contributed by atoms with Gasteiger partial charge >= 0.3 is 11.9 Å². The zero-order chi connectivity index (χ0) is 34.0. The first kappa shape index (κ1) is 35.6. The van der Waals surface area contributed by atoms with Crippen LogP contribution in [0.15, 0.2) is 11.1 Å². The Morgan fingerprint density at radius 3 is 2.24 bits per heavy atom. The van der Waals surface area contributed by atoms with E-state index in [0.717, 1.165) is 51.6 Å². The standard InChI is InChI=1S/C40H65NO5/c1-24(2)23-41-20-19-40-18-13-27-26(34(40)33(25(3)4)28(42)21-40)11-12-30-38(27,9)16-14-29-37(7,8)31(15-17-39(29,30)10)46-32(43)22-36(5,6)35(44)45/h24-27,29-31,41H,11-23H2,1-10H3,(H,44,45). The minimum atomic E-state index is -1.13. The zero-order valence-corrected chi connectivity index (χ0v) is 30.8. The molecule has 8 atom stereocenters. The average molecular weight is 640 g/mol. The molecule has 0 aromatic carbocycles. The molecule has 8 unspecified atom stereocenters. The third-order valence-electron chi connectivity index (χ3n) is 14.4. The summed E-state index contributed by atoms with van der Waals surface area (Å²) in [6.45, 7) is 24.0. The van der Waals surface area contributed by atoms with Crippen LogP contribution in [0.2, 0.25) is 0 Å². The maximum absolute atomic E-state index is 13.7. The summed E-state index contributed by atoms with van der Waals surface area (Å²) in [6.07, 6.45) is 10.5. The number of ether oxygens (including phenoxy) is 1. The van der Waals surface area contributed by atoms with E-state index in [9.17, 15) is 19.5 Å². The van der Waals surface area contributed by atoms with Crippen molar-refractivity contribution in [3.63, 3.8) is 0 Å². The summed E-state index contributed by atoms with van der Waals surface area (Å²) in [5.74, 6) is 2.18. The number of carbonyl (C=O) groups is 3. The van der Waals surface area contributed by atoms with Gasteiger partial charge in [-0.1, -0.05) is 61.0 Å². The Labute approximate surface area is 279 Å². The predicted octanol–water partition coefficient (Wildman–Crippen LogP) is 8.63. The van der Waals surface area contributed by atoms with Gasteiger partial charge in [0.15, 0.2) is 5.78 Å². The van der Waals surface area contributed by atoms with Gasteiger partial charge in [0.25, 0.3) is 0 Å². The number of hydrogen-bond donors (Lipinski definition) is 2. The molecule has 0 aromatic heterocycles. The lowest BCUT2D eigenvalue weighted by atomic mass is 9.36. The number of rotatable bonds is 10. The molecule has 0 amide bonds. The molecule has 4 fully saturated rings. The lowest BCUT2D eigenvalue weighted by Crippen LogP contribution is -2.63. The SMILES string of the molecule is CC(C)CNCCC12CCC3C(CCC4C3(C)CCC3C(C)(C)C(OC(=O)CC(C)(C)C(=O)O)CCC34C)C1=C(C(C)C)C(=O)C2. The number of esters is 1. The summed E-state index contributed by atoms with van der Waals surface area (Å²) in [5.41, 5.74) is 1.92. The first-order valence-corrected chi connectivity index (χ1v) is 18.7. The molecule has 0 aromatic rings. The van der Waals surface area contributed by atoms with Gasteiger partial charge < -0.3 is 15.2 Å². The number of carboxylic acids is 1. The van der Waals surface area contributed by atoms with Crippen molar-refractivity contribution >= 4 is 17.7 Å². The maximum Gasteiger partial charge on any atom is 0.309 e. The monoisotopic (exact) mass is 639 g/mol. The molecule has 6 nitrogen and oxygen atoms in total. The van der Waals surface area contributed by atoms with E-state index in [0.29, 0.717) is 35.4 Å². The van der Waals surface area contributed by atoms with Crippen LogP contribution in [0.25, 0.3) is 0 Å². The number of carbonyl (C=O) groups excluding carboxylic acids is 2. The van der Waals surface area contributed by atoms with Crippen LogP contribution in [-0.4, -0.2) is 42.0 Å². The minimum Gasteiger partial charge on any atom is -0.481 e. The van der Waals surface area contributed by atoms with Crippen molar-refractivity contribution in [3.8, 4) is 0 Å². The summed E-state index contributed by atoms with van der Waals surface area (Å²) < 4.78 is 6.14. The van der Waals surface area contributed by atoms with E-state index < -0.39 is 11.4 Å². The lowest BCUT2D eigenvalue weighted by Gasteiger charge is -2.69. The molecule has 0 saturated heterocycles. The Morgan fingerprint density at radius 1 is 0.935 bits per heavy atom. The lowest BCUT2D eigenvalue weighted by molar-refractivity contribution is -0.213. The molecular weight excluding hydrogens is 574 g/mol. The van der Waals surface area contributed by atoms with Crippen LogP contribution < -0.4 is 5.32 Å². The summed E-state index contributed by atoms with van der Waals surface area (Å²) in [6, 6.07) is 0. The summed E-state index contributed by atoms with van der Waals surface area (Å²) >= 11 is 0. The van der Waals surface area contributed by atoms with E-state index in [-0.39, 0.29) is 46.1 Å². The number of aliphatic carboxylic acids is 1. The highest BCUT2D eigenvalue weighted by molar-refractivity contribution is 6.00. The van der Waals surface area contributed by atoms with E-state index in [4.69, 9.17) is 4.74 Å². The van der Waals surface area contributed by atoms with Gasteiger partial charge in [-0.25, -0.2) is 0 Å². The predicted molar refractivity (Wildman–Crippen MR) is 183 cm³/mol. The zero-order valence-electron chi connectivity index (χ0n) is 30.8. The quantitative estimate of drug-likeness (QED) is 0.184. The number of hydrogen-bond acceptors (Lipinski definition) is 5. The molecule has 5 aliphatic rings. The largest absolute Gasteiger partial charge is 0.481 e. The Kier molecular flexibility index (Phi) is 9.54. The third-order valence-corrected chi connectivity index (χ3v) is 14.4. The normalized spacial score (nSPS) is 38.7. The molecular formula is C40H65NO5. The van der Waals surface area contributed by atoms with Crippen molar-refractivity contribution in [2.45, 2.75) is 146 Å². The number of carboxylic acid groups (broad SMARTS) is 1. The van der Waals surface area contributed by atoms with Gasteiger partial charge in [0.1, 0.15) is 6.10 Å². The van der Waals surface area contributed by atoms with E-state index in [1.165, 1.54) is 31.3 Å². The van der Waals surface area contributed by atoms with Crippen LogP contribution >= 0.6 is 0 Å². The van der Waals surface area contributed by atoms with Crippen LogP contribution in [-0.2, 0) is 19.1 Å². The Balaban J connectivity index is 1.38. The average Bonchev–Trinajstić information content (AvgIpc) is 3.24. The minimum absolute atomic E-state index is 0.0469. The first-order valence-electron chi connectivity index (χ1n) is 18.7. The Morgan fingerprint density at radius 2 is 1.61 bits per heavy atom. The molecule has 46 heavy (non-hydrogen) atoms. The van der Waals surface area contributed by atoms with Crippen molar-refractivity contribution in [1.29, 1.82) is 0 Å². The molecule has 0 spiro atoms. The van der Waals surface area contributed by atoms with Crippen molar-refractivity contribution < 1.29 is 24.2 Å². The molecule has 260 valence electrons. The third kappa shape index (κ3) is 5.83. The molecule has 6 heteroatoms. The first-order chi connectivity index (χ1) is 21.3. The molecule has 2 N–H and O–H groups in total. The van der Waals surface area contributed by atoms with Gasteiger partial charge in [-0.15, -0.1) is 0 Å². The van der Waals surface area contributed by atoms with Gasteiger partial charge in [0.05, 0.1) is 11.8 Å². The molecule has 5 rings (SSSR count). The van der Waals surface area contributed by atoms with E-state index in [2.05, 4.69) is 60.7 Å². The van der Waals surface area contributed by atoms with Crippen LogP contribution in [0.1, 0.15) is 140 Å². The number of ketones is 1. The summed E-state index contributed by atoms with van der Waals surface area (Å²) in [5, 5.41) is 13.3. The number of nitrogens with one attached hydrogen (secondary N) is 1. The van der Waals surface area contributed by atoms with Gasteiger partial charge in [-0.3, -0.25) is 14.4 Å². The van der Waals surface area contributed by atoms with Crippen molar-refractivity contribution in [3.05, 3.63) is 11.1 Å². The van der Waals surface area contributed by atoms with E-state index in [1.54, 1.807) is 19.4 Å². The fourth-order valence-electron chi connectivity index (χ4n) is 12.3. The van der Waals surface area contributed by atoms with Crippen molar-refractivity contribution in [1.82, 2.24) is 5.32 Å². The highest BCUT2D eigenvalue weighted by Crippen LogP contribution is 2.73. The van der Waals surface area contributed by atoms with E-state index in [1.807, 2.05) is 0 Å². The van der Waals surface area contributed by atoms with E-state index >= 15 is 0 Å². The van der Waals surface area contributed by atoms with Crippen molar-refractivity contribution in [2.24, 2.45) is 62.6 Å². The highest BCUT2D eigenvalue weighted by Gasteiger charge is 2.66. The second kappa shape index (κ2) is 12.3. The second-order valence-corrected chi connectivity index (χ2v) is 18.9. The number of allylic oxidation sites excluding steroid dienone is 2. The number of fused-ring (bicyclic) bond motifs is 7. The molecule has 0 aliphatic heterocycles. The molecule has 0 bridgehead atoms. The van der Waals surface area contributed by atoms with Crippen molar-refractivity contribution in [2.75, 3.05) is 13.1 Å².